The molecule has 0 radical (unpaired) electrons. The van der Waals surface area contributed by atoms with Crippen LogP contribution in [0, 0.1) is 0 Å². The zero-order valence-electron chi connectivity index (χ0n) is 63.1. The van der Waals surface area contributed by atoms with E-state index in [2.05, 4.69) is 107 Å². The quantitative estimate of drug-likeness (QED) is 0.0169. The summed E-state index contributed by atoms with van der Waals surface area (Å²) in [6.45, 7) is 4.72. The third kappa shape index (κ3) is 72.3. The van der Waals surface area contributed by atoms with Crippen molar-refractivity contribution in [2.75, 3.05) is 39.6 Å². The molecule has 5 atom stereocenters. The van der Waals surface area contributed by atoms with Crippen LogP contribution in [0.25, 0.3) is 0 Å². The van der Waals surface area contributed by atoms with E-state index in [1.807, 2.05) is 18.2 Å². The van der Waals surface area contributed by atoms with Crippen LogP contribution in [0.4, 0.5) is 0 Å². The molecule has 17 nitrogen and oxygen atoms in total. The standard InChI is InChI=1S/C81H142O17P2/c1-5-9-13-17-21-25-29-33-35-36-37-38-40-44-48-52-56-60-64-68-81(86)98-77(72-92-79(84)66-62-58-54-50-46-42-32-28-24-20-16-12-8-4)74-96-100(89,90)94-70-75(82)69-93-99(87,88)95-73-76(71-91-78(83)65-61-57-53-49-45-41-31-27-23-19-15-11-7-3)97-80(85)67-63-59-55-51-47-43-39-34-30-26-22-18-14-10-6-2/h21,25-28,30-33,35,37-38,44,48,56,60,75-77,82H,5-20,22-24,29,34,36,39-43,45-47,49-55,57-59,61-74H2,1-4H3,(H,87,88)(H,89,90)/b25-21-,30-26-,31-27-,32-28-,35-33-,38-37-,48-44-,60-56-/t75-,76+,77+/m0/s1. The minimum atomic E-state index is -4.99. The summed E-state index contributed by atoms with van der Waals surface area (Å²) in [4.78, 5) is 72.9. The van der Waals surface area contributed by atoms with Gasteiger partial charge in [0, 0.05) is 25.7 Å². The number of aliphatic hydroxyl groups is 1. The minimum absolute atomic E-state index is 0.0297. The van der Waals surface area contributed by atoms with Crippen molar-refractivity contribution >= 4 is 39.5 Å². The fourth-order valence-electron chi connectivity index (χ4n) is 10.4. The molecule has 0 aliphatic heterocycles. The zero-order chi connectivity index (χ0) is 73.2. The first-order valence-electron chi connectivity index (χ1n) is 39.5. The first-order chi connectivity index (χ1) is 48.7. The van der Waals surface area contributed by atoms with Crippen molar-refractivity contribution in [2.24, 2.45) is 0 Å². The second kappa shape index (κ2) is 73.3. The molecule has 2 unspecified atom stereocenters. The zero-order valence-corrected chi connectivity index (χ0v) is 64.9. The van der Waals surface area contributed by atoms with Crippen LogP contribution in [-0.2, 0) is 65.4 Å². The molecule has 0 saturated carbocycles. The predicted molar refractivity (Wildman–Crippen MR) is 409 cm³/mol. The number of carbonyl (C=O) groups excluding carboxylic acids is 4. The number of ether oxygens (including phenoxy) is 4. The van der Waals surface area contributed by atoms with Crippen LogP contribution < -0.4 is 0 Å². The van der Waals surface area contributed by atoms with Crippen LogP contribution in [0.3, 0.4) is 0 Å². The van der Waals surface area contributed by atoms with Crippen molar-refractivity contribution < 1.29 is 80.2 Å². The Morgan fingerprint density at radius 3 is 0.840 bits per heavy atom. The molecule has 100 heavy (non-hydrogen) atoms. The Hall–Kier alpha value is -4.02. The van der Waals surface area contributed by atoms with Gasteiger partial charge in [0.25, 0.3) is 0 Å². The van der Waals surface area contributed by atoms with Crippen molar-refractivity contribution in [3.8, 4) is 0 Å². The summed E-state index contributed by atoms with van der Waals surface area (Å²) in [6, 6.07) is 0. The Morgan fingerprint density at radius 1 is 0.280 bits per heavy atom. The molecule has 0 heterocycles. The largest absolute Gasteiger partial charge is 0.472 e. The third-order valence-electron chi connectivity index (χ3n) is 16.5. The molecule has 0 aromatic rings. The molecule has 0 rings (SSSR count). The summed E-state index contributed by atoms with van der Waals surface area (Å²) in [5.41, 5.74) is 0. The maximum atomic E-state index is 13.1. The maximum Gasteiger partial charge on any atom is 0.472 e. The number of phosphoric ester groups is 2. The molecule has 0 aliphatic rings. The van der Waals surface area contributed by atoms with Gasteiger partial charge in [0.05, 0.1) is 26.4 Å². The number of carbonyl (C=O) groups is 4. The molecule has 0 aromatic heterocycles. The summed E-state index contributed by atoms with van der Waals surface area (Å²) < 4.78 is 68.4. The van der Waals surface area contributed by atoms with E-state index in [1.165, 1.54) is 96.3 Å². The van der Waals surface area contributed by atoms with Gasteiger partial charge in [-0.2, -0.15) is 0 Å². The van der Waals surface area contributed by atoms with Crippen molar-refractivity contribution in [3.63, 3.8) is 0 Å². The van der Waals surface area contributed by atoms with Crippen LogP contribution in [0.2, 0.25) is 0 Å². The lowest BCUT2D eigenvalue weighted by Gasteiger charge is -2.21. The van der Waals surface area contributed by atoms with Gasteiger partial charge in [-0.1, -0.05) is 266 Å². The Labute approximate surface area is 607 Å². The Bertz CT molecular complexity index is 2270. The van der Waals surface area contributed by atoms with Gasteiger partial charge in [0.1, 0.15) is 19.3 Å². The van der Waals surface area contributed by atoms with Gasteiger partial charge in [-0.3, -0.25) is 37.3 Å². The first-order valence-corrected chi connectivity index (χ1v) is 42.5. The Kier molecular flexibility index (Phi) is 70.4. The van der Waals surface area contributed by atoms with E-state index in [0.29, 0.717) is 32.1 Å². The fraction of sp³-hybridized carbons (Fsp3) is 0.753. The lowest BCUT2D eigenvalue weighted by Crippen LogP contribution is -2.30. The highest BCUT2D eigenvalue weighted by Gasteiger charge is 2.30. The van der Waals surface area contributed by atoms with E-state index in [0.717, 1.165) is 154 Å². The highest BCUT2D eigenvalue weighted by atomic mass is 31.2. The van der Waals surface area contributed by atoms with E-state index in [1.54, 1.807) is 0 Å². The van der Waals surface area contributed by atoms with E-state index < -0.39 is 97.5 Å². The van der Waals surface area contributed by atoms with Crippen molar-refractivity contribution in [2.45, 2.75) is 354 Å². The summed E-state index contributed by atoms with van der Waals surface area (Å²) >= 11 is 0. The first kappa shape index (κ1) is 96.0. The number of hydrogen-bond donors (Lipinski definition) is 3. The van der Waals surface area contributed by atoms with Crippen molar-refractivity contribution in [1.29, 1.82) is 0 Å². The van der Waals surface area contributed by atoms with Crippen molar-refractivity contribution in [3.05, 3.63) is 97.2 Å². The normalized spacial score (nSPS) is 14.4. The fourth-order valence-corrected chi connectivity index (χ4v) is 12.0. The third-order valence-corrected chi connectivity index (χ3v) is 18.4. The molecule has 0 aliphatic carbocycles. The van der Waals surface area contributed by atoms with Crippen LogP contribution in [-0.4, -0.2) is 96.7 Å². The molecule has 578 valence electrons. The van der Waals surface area contributed by atoms with Gasteiger partial charge in [0.2, 0.25) is 0 Å². The number of esters is 4. The molecule has 0 spiro atoms. The highest BCUT2D eigenvalue weighted by molar-refractivity contribution is 7.47. The molecular weight excluding hydrogens is 1310 g/mol. The molecule has 0 amide bonds. The molecule has 3 N–H and O–H groups in total. The lowest BCUT2D eigenvalue weighted by atomic mass is 10.1. The minimum Gasteiger partial charge on any atom is -0.462 e. The SMILES string of the molecule is CCCCC/C=C\C/C=C\C/C=C\C/C=C\C/C=C\CCC(=O)O[C@H](COC(=O)CCCCCCC/C=C\CCCCCC)COP(=O)(O)OC[C@@H](O)COP(=O)(O)OC[C@@H](COC(=O)CCCCCCC/C=C\CCCCCC)OC(=O)CCCCCCCCC/C=C\CCCCCC. The number of aliphatic hydroxyl groups excluding tert-OH is 1. The monoisotopic (exact) mass is 1450 g/mol. The van der Waals surface area contributed by atoms with Crippen molar-refractivity contribution in [1.82, 2.24) is 0 Å². The molecule has 0 aromatic carbocycles. The average Bonchev–Trinajstić information content (AvgIpc) is 1.01. The van der Waals surface area contributed by atoms with Gasteiger partial charge in [-0.05, 0) is 141 Å². The average molecular weight is 1450 g/mol. The second-order valence-electron chi connectivity index (χ2n) is 26.3. The van der Waals surface area contributed by atoms with E-state index >= 15 is 0 Å². The summed E-state index contributed by atoms with van der Waals surface area (Å²) in [5.74, 6) is -2.28. The van der Waals surface area contributed by atoms with E-state index in [9.17, 15) is 43.2 Å². The topological polar surface area (TPSA) is 237 Å². The second-order valence-corrected chi connectivity index (χ2v) is 29.2. The maximum absolute atomic E-state index is 13.1. The van der Waals surface area contributed by atoms with Crippen LogP contribution in [0.15, 0.2) is 97.2 Å². The highest BCUT2D eigenvalue weighted by Crippen LogP contribution is 2.45. The summed E-state index contributed by atoms with van der Waals surface area (Å²) in [5, 5.41) is 10.6. The van der Waals surface area contributed by atoms with Gasteiger partial charge in [-0.15, -0.1) is 0 Å². The predicted octanol–water partition coefficient (Wildman–Crippen LogP) is 22.8. The summed E-state index contributed by atoms with van der Waals surface area (Å²) in [6.07, 6.45) is 76.9. The molecular formula is C81H142O17P2. The van der Waals surface area contributed by atoms with E-state index in [-0.39, 0.29) is 25.7 Å². The molecule has 19 heteroatoms. The van der Waals surface area contributed by atoms with Crippen LogP contribution in [0.5, 0.6) is 0 Å². The number of hydrogen-bond acceptors (Lipinski definition) is 15. The number of phosphoric acid groups is 2. The number of rotatable bonds is 74. The summed E-state index contributed by atoms with van der Waals surface area (Å²) in [7, 11) is -9.98. The number of allylic oxidation sites excluding steroid dienone is 16. The smallest absolute Gasteiger partial charge is 0.462 e. The van der Waals surface area contributed by atoms with Gasteiger partial charge in [-0.25, -0.2) is 9.13 Å². The van der Waals surface area contributed by atoms with Gasteiger partial charge >= 0.3 is 39.5 Å². The van der Waals surface area contributed by atoms with Crippen LogP contribution >= 0.6 is 15.6 Å². The Balaban J connectivity index is 5.42. The van der Waals surface area contributed by atoms with E-state index in [4.69, 9.17) is 37.0 Å². The molecule has 0 saturated heterocycles. The number of unbranched alkanes of at least 4 members (excludes halogenated alkanes) is 32. The molecule has 0 fully saturated rings. The van der Waals surface area contributed by atoms with Crippen LogP contribution in [0.1, 0.15) is 336 Å². The lowest BCUT2D eigenvalue weighted by molar-refractivity contribution is -0.161. The Morgan fingerprint density at radius 2 is 0.510 bits per heavy atom. The van der Waals surface area contributed by atoms with Gasteiger partial charge in [0.15, 0.2) is 12.2 Å². The van der Waals surface area contributed by atoms with Gasteiger partial charge < -0.3 is 33.8 Å². The molecule has 0 bridgehead atoms.